The molecule has 3 aromatic rings. The van der Waals surface area contributed by atoms with Crippen LogP contribution in [0.25, 0.3) is 6.08 Å². The molecule has 0 fully saturated rings. The largest absolute Gasteiger partial charge is 0.489 e. The molecule has 30 heavy (non-hydrogen) atoms. The van der Waals surface area contributed by atoms with E-state index in [1.54, 1.807) is 42.5 Å². The van der Waals surface area contributed by atoms with Gasteiger partial charge in [-0.25, -0.2) is 0 Å². The number of rotatable bonds is 6. The predicted octanol–water partition coefficient (Wildman–Crippen LogP) is 4.99. The van der Waals surface area contributed by atoms with E-state index in [1.165, 1.54) is 6.08 Å². The third-order valence-corrected chi connectivity index (χ3v) is 4.39. The quantitative estimate of drug-likeness (QED) is 0.472. The van der Waals surface area contributed by atoms with Crippen LogP contribution < -0.4 is 10.1 Å². The third kappa shape index (κ3) is 5.34. The number of amides is 1. The van der Waals surface area contributed by atoms with Gasteiger partial charge in [-0.1, -0.05) is 42.5 Å². The van der Waals surface area contributed by atoms with Gasteiger partial charge in [-0.15, -0.1) is 0 Å². The number of aryl methyl sites for hydroxylation is 1. The van der Waals surface area contributed by atoms with E-state index in [4.69, 9.17) is 10.00 Å². The maximum absolute atomic E-state index is 12.5. The van der Waals surface area contributed by atoms with Crippen LogP contribution in [-0.4, -0.2) is 5.91 Å². The standard InChI is InChI=1S/C25H19N3O2/c1-18-6-2-3-11-24(18)28-25(29)22(16-27)13-19-7-5-10-23(14-19)30-17-21-9-4-8-20(12-21)15-26/h2-14H,17H2,1H3,(H,28,29)/b22-13+. The molecule has 0 radical (unpaired) electrons. The zero-order chi connectivity index (χ0) is 21.3. The lowest BCUT2D eigenvalue weighted by molar-refractivity contribution is -0.112. The van der Waals surface area contributed by atoms with Gasteiger partial charge in [0.15, 0.2) is 0 Å². The molecule has 0 heterocycles. The van der Waals surface area contributed by atoms with E-state index in [2.05, 4.69) is 11.4 Å². The molecule has 0 saturated carbocycles. The zero-order valence-electron chi connectivity index (χ0n) is 16.4. The van der Waals surface area contributed by atoms with Crippen molar-refractivity contribution < 1.29 is 9.53 Å². The highest BCUT2D eigenvalue weighted by molar-refractivity contribution is 6.09. The second kappa shape index (κ2) is 9.73. The van der Waals surface area contributed by atoms with Gasteiger partial charge < -0.3 is 10.1 Å². The maximum Gasteiger partial charge on any atom is 0.266 e. The molecule has 1 N–H and O–H groups in total. The Morgan fingerprint density at radius 2 is 1.83 bits per heavy atom. The van der Waals surface area contributed by atoms with Gasteiger partial charge in [0.1, 0.15) is 24.0 Å². The highest BCUT2D eigenvalue weighted by Gasteiger charge is 2.11. The molecule has 0 saturated heterocycles. The van der Waals surface area contributed by atoms with Crippen LogP contribution in [0.4, 0.5) is 5.69 Å². The lowest BCUT2D eigenvalue weighted by Gasteiger charge is -2.08. The maximum atomic E-state index is 12.5. The molecule has 0 spiro atoms. The predicted molar refractivity (Wildman–Crippen MR) is 115 cm³/mol. The summed E-state index contributed by atoms with van der Waals surface area (Å²) in [5.74, 6) is 0.133. The molecule has 0 aliphatic heterocycles. The Morgan fingerprint density at radius 1 is 1.03 bits per heavy atom. The van der Waals surface area contributed by atoms with Crippen molar-refractivity contribution in [3.8, 4) is 17.9 Å². The molecule has 146 valence electrons. The van der Waals surface area contributed by atoms with Crippen LogP contribution >= 0.6 is 0 Å². The number of benzene rings is 3. The number of anilines is 1. The molecule has 3 rings (SSSR count). The van der Waals surface area contributed by atoms with Crippen molar-refractivity contribution in [2.45, 2.75) is 13.5 Å². The molecule has 0 aliphatic rings. The van der Waals surface area contributed by atoms with Crippen LogP contribution in [0, 0.1) is 29.6 Å². The number of nitrogens with zero attached hydrogens (tertiary/aromatic N) is 2. The highest BCUT2D eigenvalue weighted by atomic mass is 16.5. The zero-order valence-corrected chi connectivity index (χ0v) is 16.4. The van der Waals surface area contributed by atoms with Gasteiger partial charge in [-0.2, -0.15) is 10.5 Å². The fourth-order valence-corrected chi connectivity index (χ4v) is 2.81. The summed E-state index contributed by atoms with van der Waals surface area (Å²) < 4.78 is 5.80. The minimum absolute atomic E-state index is 0.00266. The van der Waals surface area contributed by atoms with Crippen LogP contribution in [0.1, 0.15) is 22.3 Å². The molecule has 0 aromatic heterocycles. The lowest BCUT2D eigenvalue weighted by Crippen LogP contribution is -2.14. The second-order valence-corrected chi connectivity index (χ2v) is 6.61. The molecule has 0 aliphatic carbocycles. The summed E-state index contributed by atoms with van der Waals surface area (Å²) >= 11 is 0. The van der Waals surface area contributed by atoms with Crippen molar-refractivity contribution >= 4 is 17.7 Å². The van der Waals surface area contributed by atoms with Crippen molar-refractivity contribution in [3.63, 3.8) is 0 Å². The van der Waals surface area contributed by atoms with Gasteiger partial charge in [-0.05, 0) is 60.0 Å². The Hall–Kier alpha value is -4.35. The SMILES string of the molecule is Cc1ccccc1NC(=O)/C(C#N)=C/c1cccc(OCc2cccc(C#N)c2)c1. The minimum atomic E-state index is -0.466. The first kappa shape index (κ1) is 20.4. The van der Waals surface area contributed by atoms with Crippen LogP contribution in [0.15, 0.2) is 78.4 Å². The van der Waals surface area contributed by atoms with Crippen molar-refractivity contribution in [2.24, 2.45) is 0 Å². The topological polar surface area (TPSA) is 85.9 Å². The van der Waals surface area contributed by atoms with E-state index in [9.17, 15) is 10.1 Å². The molecule has 5 nitrogen and oxygen atoms in total. The molecule has 0 unspecified atom stereocenters. The number of hydrogen-bond acceptors (Lipinski definition) is 4. The summed E-state index contributed by atoms with van der Waals surface area (Å²) in [4.78, 5) is 12.5. The average Bonchev–Trinajstić information content (AvgIpc) is 2.78. The smallest absolute Gasteiger partial charge is 0.266 e. The van der Waals surface area contributed by atoms with E-state index in [1.807, 2.05) is 43.3 Å². The van der Waals surface area contributed by atoms with E-state index in [0.29, 0.717) is 29.2 Å². The number of carbonyl (C=O) groups is 1. The lowest BCUT2D eigenvalue weighted by atomic mass is 10.1. The Kier molecular flexibility index (Phi) is 6.61. The summed E-state index contributed by atoms with van der Waals surface area (Å²) in [7, 11) is 0. The van der Waals surface area contributed by atoms with Crippen LogP contribution in [0.3, 0.4) is 0 Å². The summed E-state index contributed by atoms with van der Waals surface area (Å²) in [6, 6.07) is 25.8. The first-order chi connectivity index (χ1) is 14.6. The van der Waals surface area contributed by atoms with Crippen molar-refractivity contribution in [1.82, 2.24) is 0 Å². The number of nitrogens with one attached hydrogen (secondary N) is 1. The van der Waals surface area contributed by atoms with Gasteiger partial charge in [0.05, 0.1) is 11.6 Å². The van der Waals surface area contributed by atoms with Crippen LogP contribution in [0.5, 0.6) is 5.75 Å². The highest BCUT2D eigenvalue weighted by Crippen LogP contribution is 2.19. The number of ether oxygens (including phenoxy) is 1. The van der Waals surface area contributed by atoms with Crippen LogP contribution in [0.2, 0.25) is 0 Å². The van der Waals surface area contributed by atoms with Crippen LogP contribution in [-0.2, 0) is 11.4 Å². The summed E-state index contributed by atoms with van der Waals surface area (Å²) in [5.41, 5.74) is 3.71. The van der Waals surface area contributed by atoms with E-state index in [-0.39, 0.29) is 5.57 Å². The summed E-state index contributed by atoms with van der Waals surface area (Å²) in [6.45, 7) is 2.19. The fraction of sp³-hybridized carbons (Fsp3) is 0.0800. The van der Waals surface area contributed by atoms with Gasteiger partial charge in [0.2, 0.25) is 0 Å². The molecule has 5 heteroatoms. The van der Waals surface area contributed by atoms with E-state index < -0.39 is 5.91 Å². The molecule has 0 bridgehead atoms. The summed E-state index contributed by atoms with van der Waals surface area (Å²) in [5, 5.41) is 21.2. The third-order valence-electron chi connectivity index (χ3n) is 4.39. The molecule has 3 aromatic carbocycles. The molecular weight excluding hydrogens is 374 g/mol. The summed E-state index contributed by atoms with van der Waals surface area (Å²) in [6.07, 6.45) is 1.52. The van der Waals surface area contributed by atoms with Gasteiger partial charge >= 0.3 is 0 Å². The minimum Gasteiger partial charge on any atom is -0.489 e. The monoisotopic (exact) mass is 393 g/mol. The molecule has 0 atom stereocenters. The van der Waals surface area contributed by atoms with Gasteiger partial charge in [-0.3, -0.25) is 4.79 Å². The molecular formula is C25H19N3O2. The average molecular weight is 393 g/mol. The molecule has 1 amide bonds. The Morgan fingerprint density at radius 3 is 2.60 bits per heavy atom. The Labute approximate surface area is 175 Å². The van der Waals surface area contributed by atoms with E-state index >= 15 is 0 Å². The Balaban J connectivity index is 1.72. The van der Waals surface area contributed by atoms with Crippen molar-refractivity contribution in [1.29, 1.82) is 10.5 Å². The van der Waals surface area contributed by atoms with Gasteiger partial charge in [0, 0.05) is 5.69 Å². The number of hydrogen-bond donors (Lipinski definition) is 1. The first-order valence-corrected chi connectivity index (χ1v) is 9.30. The normalized spacial score (nSPS) is 10.6. The second-order valence-electron chi connectivity index (χ2n) is 6.61. The number of carbonyl (C=O) groups excluding carboxylic acids is 1. The first-order valence-electron chi connectivity index (χ1n) is 9.30. The van der Waals surface area contributed by atoms with Gasteiger partial charge in [0.25, 0.3) is 5.91 Å². The number of nitriles is 2. The Bertz CT molecular complexity index is 1180. The fourth-order valence-electron chi connectivity index (χ4n) is 2.81. The van der Waals surface area contributed by atoms with E-state index in [0.717, 1.165) is 11.1 Å². The van der Waals surface area contributed by atoms with Crippen molar-refractivity contribution in [2.75, 3.05) is 5.32 Å². The number of para-hydroxylation sites is 1. The van der Waals surface area contributed by atoms with Crippen molar-refractivity contribution in [3.05, 3.63) is 101 Å².